The van der Waals surface area contributed by atoms with Crippen molar-refractivity contribution < 1.29 is 4.79 Å². The van der Waals surface area contributed by atoms with Gasteiger partial charge in [0.1, 0.15) is 11.5 Å². The van der Waals surface area contributed by atoms with Crippen LogP contribution in [0.2, 0.25) is 5.02 Å². The van der Waals surface area contributed by atoms with Crippen molar-refractivity contribution in [3.63, 3.8) is 0 Å². The molecule has 0 fully saturated rings. The van der Waals surface area contributed by atoms with Gasteiger partial charge in [-0.3, -0.25) is 4.79 Å². The molecule has 0 aliphatic carbocycles. The number of carbonyl (C=O) groups is 1. The van der Waals surface area contributed by atoms with Gasteiger partial charge in [-0.15, -0.1) is 11.3 Å². The number of likely N-dealkylation sites (N-methyl/N-ethyl adjacent to an activating group) is 1. The summed E-state index contributed by atoms with van der Waals surface area (Å²) in [5.74, 6) is 0.461. The van der Waals surface area contributed by atoms with Crippen LogP contribution in [0.5, 0.6) is 0 Å². The van der Waals surface area contributed by atoms with Crippen LogP contribution in [0.25, 0.3) is 0 Å². The third-order valence-corrected chi connectivity index (χ3v) is 4.57. The zero-order chi connectivity index (χ0) is 15.4. The molecule has 21 heavy (non-hydrogen) atoms. The van der Waals surface area contributed by atoms with E-state index < -0.39 is 0 Å². The highest BCUT2D eigenvalue weighted by molar-refractivity contribution is 7.09. The van der Waals surface area contributed by atoms with Crippen LogP contribution in [-0.2, 0) is 6.42 Å². The molecule has 6 heteroatoms. The lowest BCUT2D eigenvalue weighted by atomic mass is 10.1. The molecule has 4 nitrogen and oxygen atoms in total. The van der Waals surface area contributed by atoms with Crippen LogP contribution in [0.3, 0.4) is 0 Å². The molecule has 0 aliphatic heterocycles. The summed E-state index contributed by atoms with van der Waals surface area (Å²) >= 11 is 7.80. The predicted molar refractivity (Wildman–Crippen MR) is 88.4 cm³/mol. The highest BCUT2D eigenvalue weighted by Gasteiger charge is 2.22. The van der Waals surface area contributed by atoms with E-state index in [1.165, 1.54) is 4.88 Å². The Kier molecular flexibility index (Phi) is 5.20. The molecule has 0 bridgehead atoms. The van der Waals surface area contributed by atoms with Crippen molar-refractivity contribution in [2.75, 3.05) is 19.4 Å². The van der Waals surface area contributed by atoms with Gasteiger partial charge >= 0.3 is 0 Å². The van der Waals surface area contributed by atoms with Gasteiger partial charge in [0.2, 0.25) is 0 Å². The fourth-order valence-corrected chi connectivity index (χ4v) is 2.97. The first kappa shape index (κ1) is 15.8. The molecule has 1 amide bonds. The number of anilines is 1. The van der Waals surface area contributed by atoms with Crippen molar-refractivity contribution in [2.24, 2.45) is 0 Å². The van der Waals surface area contributed by atoms with E-state index in [0.29, 0.717) is 10.8 Å². The molecular formula is C15H18ClN3OS. The van der Waals surface area contributed by atoms with Crippen molar-refractivity contribution in [1.82, 2.24) is 9.88 Å². The van der Waals surface area contributed by atoms with Gasteiger partial charge in [-0.25, -0.2) is 4.98 Å². The Bertz CT molecular complexity index is 615. The van der Waals surface area contributed by atoms with E-state index in [2.05, 4.69) is 16.4 Å². The Morgan fingerprint density at radius 3 is 2.86 bits per heavy atom. The van der Waals surface area contributed by atoms with E-state index in [4.69, 9.17) is 11.6 Å². The molecule has 112 valence electrons. The average Bonchev–Trinajstić information content (AvgIpc) is 2.99. The monoisotopic (exact) mass is 323 g/mol. The van der Waals surface area contributed by atoms with Gasteiger partial charge in [0.15, 0.2) is 0 Å². The summed E-state index contributed by atoms with van der Waals surface area (Å²) in [4.78, 5) is 19.8. The van der Waals surface area contributed by atoms with Crippen LogP contribution >= 0.6 is 22.9 Å². The topological polar surface area (TPSA) is 45.2 Å². The lowest BCUT2D eigenvalue weighted by molar-refractivity contribution is 0.0738. The van der Waals surface area contributed by atoms with E-state index >= 15 is 0 Å². The fourth-order valence-electron chi connectivity index (χ4n) is 1.96. The zero-order valence-corrected chi connectivity index (χ0v) is 13.8. The zero-order valence-electron chi connectivity index (χ0n) is 12.3. The van der Waals surface area contributed by atoms with Gasteiger partial charge in [0.25, 0.3) is 5.91 Å². The maximum atomic E-state index is 12.6. The first-order valence-corrected chi connectivity index (χ1v) is 7.92. The molecule has 0 aliphatic rings. The summed E-state index contributed by atoms with van der Waals surface area (Å²) in [5.41, 5.74) is 0.282. The number of thiophene rings is 1. The molecule has 2 aromatic rings. The molecule has 1 atom stereocenters. The summed E-state index contributed by atoms with van der Waals surface area (Å²) < 4.78 is 0. The van der Waals surface area contributed by atoms with Crippen molar-refractivity contribution in [2.45, 2.75) is 19.4 Å². The number of halogens is 1. The molecule has 2 rings (SSSR count). The lowest BCUT2D eigenvalue weighted by Gasteiger charge is -2.24. The molecule has 0 aromatic carbocycles. The van der Waals surface area contributed by atoms with Crippen LogP contribution in [0.4, 0.5) is 5.82 Å². The third kappa shape index (κ3) is 3.74. The third-order valence-electron chi connectivity index (χ3n) is 3.36. The second-order valence-corrected chi connectivity index (χ2v) is 6.26. The molecule has 0 saturated carbocycles. The molecule has 0 saturated heterocycles. The molecule has 2 heterocycles. The first-order chi connectivity index (χ1) is 10.0. The first-order valence-electron chi connectivity index (χ1n) is 6.66. The summed E-state index contributed by atoms with van der Waals surface area (Å²) in [6, 6.07) is 7.60. The van der Waals surface area contributed by atoms with Gasteiger partial charge < -0.3 is 10.2 Å². The Labute approximate surface area is 133 Å². The molecule has 2 aromatic heterocycles. The summed E-state index contributed by atoms with van der Waals surface area (Å²) in [6.45, 7) is 2.02. The minimum absolute atomic E-state index is 0.0762. The van der Waals surface area contributed by atoms with Crippen LogP contribution in [-0.4, -0.2) is 35.9 Å². The van der Waals surface area contributed by atoms with Crippen LogP contribution < -0.4 is 5.32 Å². The van der Waals surface area contributed by atoms with Gasteiger partial charge in [0.05, 0.1) is 5.02 Å². The second kappa shape index (κ2) is 6.91. The molecule has 0 radical (unpaired) electrons. The van der Waals surface area contributed by atoms with E-state index in [9.17, 15) is 4.79 Å². The van der Waals surface area contributed by atoms with Gasteiger partial charge in [-0.05, 0) is 30.5 Å². The largest absolute Gasteiger partial charge is 0.373 e. The summed E-state index contributed by atoms with van der Waals surface area (Å²) in [5, 5.41) is 5.33. The van der Waals surface area contributed by atoms with Crippen LogP contribution in [0, 0.1) is 0 Å². The van der Waals surface area contributed by atoms with E-state index in [1.807, 2.05) is 18.4 Å². The van der Waals surface area contributed by atoms with Gasteiger partial charge in [0, 0.05) is 31.4 Å². The maximum Gasteiger partial charge on any atom is 0.274 e. The average molecular weight is 324 g/mol. The number of aromatic nitrogens is 1. The Morgan fingerprint density at radius 1 is 1.48 bits per heavy atom. The fraction of sp³-hybridized carbons (Fsp3) is 0.333. The molecule has 1 unspecified atom stereocenters. The van der Waals surface area contributed by atoms with E-state index in [0.717, 1.165) is 6.42 Å². The number of amides is 1. The van der Waals surface area contributed by atoms with Crippen molar-refractivity contribution in [1.29, 1.82) is 0 Å². The van der Waals surface area contributed by atoms with Crippen LogP contribution in [0.15, 0.2) is 29.6 Å². The molecule has 1 N–H and O–H groups in total. The number of hydrogen-bond donors (Lipinski definition) is 1. The van der Waals surface area contributed by atoms with Gasteiger partial charge in [-0.1, -0.05) is 17.7 Å². The number of carbonyl (C=O) groups excluding carboxylic acids is 1. The van der Waals surface area contributed by atoms with Crippen molar-refractivity contribution >= 4 is 34.7 Å². The lowest BCUT2D eigenvalue weighted by Crippen LogP contribution is -2.37. The SMILES string of the molecule is CNc1ccc(Cl)c(C(=O)N(C)C(C)Cc2cccs2)n1. The number of rotatable bonds is 5. The highest BCUT2D eigenvalue weighted by Crippen LogP contribution is 2.20. The second-order valence-electron chi connectivity index (χ2n) is 4.83. The minimum Gasteiger partial charge on any atom is -0.373 e. The highest BCUT2D eigenvalue weighted by atomic mass is 35.5. The maximum absolute atomic E-state index is 12.6. The number of pyridine rings is 1. The number of hydrogen-bond acceptors (Lipinski definition) is 4. The summed E-state index contributed by atoms with van der Waals surface area (Å²) in [7, 11) is 3.54. The Morgan fingerprint density at radius 2 is 2.24 bits per heavy atom. The van der Waals surface area contributed by atoms with Crippen molar-refractivity contribution in [3.05, 3.63) is 45.2 Å². The molecule has 0 spiro atoms. The van der Waals surface area contributed by atoms with E-state index in [-0.39, 0.29) is 17.6 Å². The van der Waals surface area contributed by atoms with Gasteiger partial charge in [-0.2, -0.15) is 0 Å². The minimum atomic E-state index is -0.166. The smallest absolute Gasteiger partial charge is 0.274 e. The van der Waals surface area contributed by atoms with Crippen LogP contribution in [0.1, 0.15) is 22.3 Å². The number of nitrogens with zero attached hydrogens (tertiary/aromatic N) is 2. The summed E-state index contributed by atoms with van der Waals surface area (Å²) in [6.07, 6.45) is 0.823. The van der Waals surface area contributed by atoms with Crippen molar-refractivity contribution in [3.8, 4) is 0 Å². The predicted octanol–water partition coefficient (Wildman–Crippen LogP) is 3.54. The van der Waals surface area contributed by atoms with E-state index in [1.54, 1.807) is 42.5 Å². The Hall–Kier alpha value is -1.59. The Balaban J connectivity index is 2.14. The standard InChI is InChI=1S/C15H18ClN3OS/c1-10(9-11-5-4-8-21-11)19(3)15(20)14-12(16)6-7-13(17-2)18-14/h4-8,10H,9H2,1-3H3,(H,17,18). The molecular weight excluding hydrogens is 306 g/mol. The number of nitrogens with one attached hydrogen (secondary N) is 1. The normalized spacial score (nSPS) is 12.0. The quantitative estimate of drug-likeness (QED) is 0.915.